The van der Waals surface area contributed by atoms with E-state index in [9.17, 15) is 0 Å². The molecular formula is C14H12N4O. The second-order valence-corrected chi connectivity index (χ2v) is 4.35. The molecule has 0 N–H and O–H groups in total. The first-order chi connectivity index (χ1) is 9.26. The van der Waals surface area contributed by atoms with Gasteiger partial charge in [-0.05, 0) is 30.3 Å². The standard InChI is InChI=1S/C14H12N4O/c1-3-6-18-16-14(15-17-18)12-8-11-7-10(2)4-5-13(11)19-9-12/h1,4-5,7-8H,6,9H2,2H3. The number of terminal acetylenes is 1. The molecule has 0 aliphatic carbocycles. The van der Waals surface area contributed by atoms with Crippen molar-refractivity contribution < 1.29 is 4.74 Å². The Bertz CT molecular complexity index is 694. The third kappa shape index (κ3) is 2.20. The molecule has 1 aromatic heterocycles. The Kier molecular flexibility index (Phi) is 2.76. The van der Waals surface area contributed by atoms with E-state index in [0.717, 1.165) is 16.9 Å². The first-order valence-electron chi connectivity index (χ1n) is 5.92. The Morgan fingerprint density at radius 2 is 2.37 bits per heavy atom. The molecule has 2 heterocycles. The van der Waals surface area contributed by atoms with Crippen molar-refractivity contribution in [2.45, 2.75) is 13.5 Å². The fourth-order valence-corrected chi connectivity index (χ4v) is 1.95. The number of ether oxygens (including phenoxy) is 1. The monoisotopic (exact) mass is 252 g/mol. The molecule has 5 heteroatoms. The van der Waals surface area contributed by atoms with E-state index in [1.807, 2.05) is 25.1 Å². The van der Waals surface area contributed by atoms with Crippen molar-refractivity contribution in [1.82, 2.24) is 20.2 Å². The van der Waals surface area contributed by atoms with Crippen LogP contribution < -0.4 is 4.74 Å². The lowest BCUT2D eigenvalue weighted by Crippen LogP contribution is -2.08. The van der Waals surface area contributed by atoms with Crippen molar-refractivity contribution in [3.05, 3.63) is 35.2 Å². The summed E-state index contributed by atoms with van der Waals surface area (Å²) in [6.07, 6.45) is 7.24. The van der Waals surface area contributed by atoms with E-state index in [-0.39, 0.29) is 0 Å². The van der Waals surface area contributed by atoms with Gasteiger partial charge in [-0.25, -0.2) is 0 Å². The van der Waals surface area contributed by atoms with Gasteiger partial charge in [-0.2, -0.15) is 4.80 Å². The van der Waals surface area contributed by atoms with Crippen LogP contribution in [-0.2, 0) is 6.54 Å². The van der Waals surface area contributed by atoms with Gasteiger partial charge in [0.2, 0.25) is 5.82 Å². The van der Waals surface area contributed by atoms with Crippen molar-refractivity contribution >= 4 is 11.6 Å². The van der Waals surface area contributed by atoms with Gasteiger partial charge in [0.25, 0.3) is 0 Å². The van der Waals surface area contributed by atoms with Gasteiger partial charge >= 0.3 is 0 Å². The summed E-state index contributed by atoms with van der Waals surface area (Å²) >= 11 is 0. The predicted octanol–water partition coefficient (Wildman–Crippen LogP) is 1.55. The fraction of sp³-hybridized carbons (Fsp3) is 0.214. The summed E-state index contributed by atoms with van der Waals surface area (Å²) in [5, 5.41) is 12.1. The van der Waals surface area contributed by atoms with Crippen LogP contribution in [0.3, 0.4) is 0 Å². The van der Waals surface area contributed by atoms with Crippen LogP contribution >= 0.6 is 0 Å². The summed E-state index contributed by atoms with van der Waals surface area (Å²) < 4.78 is 5.69. The van der Waals surface area contributed by atoms with Crippen molar-refractivity contribution in [2.24, 2.45) is 0 Å². The maximum absolute atomic E-state index is 5.69. The van der Waals surface area contributed by atoms with Gasteiger partial charge in [0, 0.05) is 11.1 Å². The average Bonchev–Trinajstić information content (AvgIpc) is 2.87. The minimum atomic E-state index is 0.316. The molecule has 94 valence electrons. The number of benzene rings is 1. The molecule has 2 aromatic rings. The molecule has 0 bridgehead atoms. The van der Waals surface area contributed by atoms with Crippen LogP contribution in [0.5, 0.6) is 5.75 Å². The fourth-order valence-electron chi connectivity index (χ4n) is 1.95. The van der Waals surface area contributed by atoms with E-state index in [2.05, 4.69) is 27.4 Å². The molecule has 0 unspecified atom stereocenters. The molecule has 1 aliphatic heterocycles. The predicted molar refractivity (Wildman–Crippen MR) is 71.2 cm³/mol. The third-order valence-electron chi connectivity index (χ3n) is 2.85. The van der Waals surface area contributed by atoms with Crippen molar-refractivity contribution in [1.29, 1.82) is 0 Å². The van der Waals surface area contributed by atoms with Gasteiger partial charge in [-0.15, -0.1) is 16.6 Å². The normalized spacial score (nSPS) is 13.2. The number of hydrogen-bond acceptors (Lipinski definition) is 4. The number of nitrogens with zero attached hydrogens (tertiary/aromatic N) is 4. The van der Waals surface area contributed by atoms with Crippen LogP contribution in [-0.4, -0.2) is 26.8 Å². The van der Waals surface area contributed by atoms with E-state index in [0.29, 0.717) is 19.0 Å². The lowest BCUT2D eigenvalue weighted by Gasteiger charge is -2.16. The third-order valence-corrected chi connectivity index (χ3v) is 2.85. The highest BCUT2D eigenvalue weighted by Gasteiger charge is 2.16. The average molecular weight is 252 g/mol. The van der Waals surface area contributed by atoms with Crippen LogP contribution in [0.4, 0.5) is 0 Å². The second kappa shape index (κ2) is 4.58. The minimum absolute atomic E-state index is 0.316. The topological polar surface area (TPSA) is 52.8 Å². The highest BCUT2D eigenvalue weighted by molar-refractivity contribution is 5.83. The van der Waals surface area contributed by atoms with Crippen LogP contribution in [0.2, 0.25) is 0 Å². The Morgan fingerprint density at radius 1 is 1.47 bits per heavy atom. The van der Waals surface area contributed by atoms with E-state index in [1.165, 1.54) is 10.4 Å². The van der Waals surface area contributed by atoms with Crippen LogP contribution in [0, 0.1) is 19.3 Å². The van der Waals surface area contributed by atoms with Gasteiger partial charge in [0.15, 0.2) is 0 Å². The van der Waals surface area contributed by atoms with E-state index >= 15 is 0 Å². The van der Waals surface area contributed by atoms with Gasteiger partial charge in [0.1, 0.15) is 18.9 Å². The number of tetrazole rings is 1. The zero-order chi connectivity index (χ0) is 13.2. The Labute approximate surface area is 110 Å². The largest absolute Gasteiger partial charge is 0.488 e. The van der Waals surface area contributed by atoms with Crippen LogP contribution in [0.1, 0.15) is 17.0 Å². The molecule has 0 fully saturated rings. The second-order valence-electron chi connectivity index (χ2n) is 4.35. The van der Waals surface area contributed by atoms with Crippen molar-refractivity contribution in [3.8, 4) is 18.1 Å². The molecule has 19 heavy (non-hydrogen) atoms. The molecule has 0 saturated heterocycles. The van der Waals surface area contributed by atoms with Crippen LogP contribution in [0.15, 0.2) is 18.2 Å². The summed E-state index contributed by atoms with van der Waals surface area (Å²) in [6.45, 7) is 2.80. The molecule has 0 atom stereocenters. The van der Waals surface area contributed by atoms with Gasteiger partial charge in [-0.3, -0.25) is 0 Å². The maximum Gasteiger partial charge on any atom is 0.204 e. The Hall–Kier alpha value is -2.61. The number of aromatic nitrogens is 4. The summed E-state index contributed by atoms with van der Waals surface area (Å²) in [7, 11) is 0. The first kappa shape index (κ1) is 11.5. The van der Waals surface area contributed by atoms with Crippen molar-refractivity contribution in [2.75, 3.05) is 6.61 Å². The molecule has 1 aromatic carbocycles. The van der Waals surface area contributed by atoms with E-state index in [4.69, 9.17) is 11.2 Å². The lowest BCUT2D eigenvalue weighted by atomic mass is 10.0. The van der Waals surface area contributed by atoms with E-state index in [1.54, 1.807) is 0 Å². The van der Waals surface area contributed by atoms with E-state index < -0.39 is 0 Å². The zero-order valence-corrected chi connectivity index (χ0v) is 10.5. The zero-order valence-electron chi connectivity index (χ0n) is 10.5. The minimum Gasteiger partial charge on any atom is -0.488 e. The maximum atomic E-state index is 5.69. The van der Waals surface area contributed by atoms with Crippen LogP contribution in [0.25, 0.3) is 11.6 Å². The highest BCUT2D eigenvalue weighted by atomic mass is 16.5. The number of hydrogen-bond donors (Lipinski definition) is 0. The molecule has 3 rings (SSSR count). The quantitative estimate of drug-likeness (QED) is 0.761. The summed E-state index contributed by atoms with van der Waals surface area (Å²) in [4.78, 5) is 1.39. The molecule has 5 nitrogen and oxygen atoms in total. The highest BCUT2D eigenvalue weighted by Crippen LogP contribution is 2.29. The molecule has 0 amide bonds. The summed E-state index contributed by atoms with van der Waals surface area (Å²) in [5.74, 6) is 3.91. The molecule has 0 saturated carbocycles. The van der Waals surface area contributed by atoms with Crippen molar-refractivity contribution in [3.63, 3.8) is 0 Å². The number of aryl methyl sites for hydroxylation is 1. The van der Waals surface area contributed by atoms with Gasteiger partial charge in [0.05, 0.1) is 0 Å². The Morgan fingerprint density at radius 3 is 3.21 bits per heavy atom. The molecule has 0 spiro atoms. The van der Waals surface area contributed by atoms with Gasteiger partial charge in [-0.1, -0.05) is 17.6 Å². The van der Waals surface area contributed by atoms with Gasteiger partial charge < -0.3 is 4.74 Å². The smallest absolute Gasteiger partial charge is 0.204 e. The summed E-state index contributed by atoms with van der Waals surface area (Å²) in [6, 6.07) is 6.07. The summed E-state index contributed by atoms with van der Waals surface area (Å²) in [5.41, 5.74) is 3.12. The molecule has 1 aliphatic rings. The SMILES string of the molecule is C#CCn1nnc(C2=Cc3cc(C)ccc3OC2)n1. The lowest BCUT2D eigenvalue weighted by molar-refractivity contribution is 0.365. The molecule has 0 radical (unpaired) electrons. The number of rotatable bonds is 2. The Balaban J connectivity index is 1.96. The molecular weight excluding hydrogens is 240 g/mol. The number of fused-ring (bicyclic) bond motifs is 1. The first-order valence-corrected chi connectivity index (χ1v) is 5.92.